The summed E-state index contributed by atoms with van der Waals surface area (Å²) >= 11 is 1.66. The first-order valence-corrected chi connectivity index (χ1v) is 12.5. The summed E-state index contributed by atoms with van der Waals surface area (Å²) in [5.74, 6) is 0.0635. The van der Waals surface area contributed by atoms with Crippen LogP contribution in [0.2, 0.25) is 0 Å². The summed E-state index contributed by atoms with van der Waals surface area (Å²) in [6.45, 7) is 8.37. The molecule has 4 rings (SSSR count). The van der Waals surface area contributed by atoms with Crippen molar-refractivity contribution in [3.05, 3.63) is 39.3 Å². The van der Waals surface area contributed by atoms with Crippen molar-refractivity contribution in [3.8, 4) is 0 Å². The molecule has 1 atom stereocenters. The summed E-state index contributed by atoms with van der Waals surface area (Å²) in [6, 6.07) is 5.08. The van der Waals surface area contributed by atoms with Gasteiger partial charge in [-0.3, -0.25) is 4.90 Å². The Hall–Kier alpha value is -1.97. The van der Waals surface area contributed by atoms with Crippen LogP contribution in [-0.2, 0) is 21.2 Å². The lowest BCUT2D eigenvalue weighted by molar-refractivity contribution is 0.160. The van der Waals surface area contributed by atoms with Crippen molar-refractivity contribution in [2.45, 2.75) is 63.3 Å². The molecule has 9 heteroatoms. The fraction of sp³-hybridized carbons (Fsp3) is 0.524. The van der Waals surface area contributed by atoms with E-state index in [0.717, 1.165) is 35.5 Å². The van der Waals surface area contributed by atoms with Crippen molar-refractivity contribution in [2.24, 2.45) is 0 Å². The molecule has 1 unspecified atom stereocenters. The number of nitrogens with zero attached hydrogens (tertiary/aromatic N) is 2. The number of aromatic nitrogens is 1. The predicted octanol–water partition coefficient (Wildman–Crippen LogP) is 3.89. The molecule has 1 N–H and O–H groups in total. The molecule has 2 aromatic rings. The summed E-state index contributed by atoms with van der Waals surface area (Å²) < 4.78 is 33.7. The molecule has 0 bridgehead atoms. The first-order valence-electron chi connectivity index (χ1n) is 10.2. The Balaban J connectivity index is 1.68. The van der Waals surface area contributed by atoms with Crippen molar-refractivity contribution in [3.63, 3.8) is 0 Å². The van der Waals surface area contributed by atoms with Gasteiger partial charge in [0.25, 0.3) is 0 Å². The average Bonchev–Trinajstić information content (AvgIpc) is 3.14. The maximum atomic E-state index is 12.9. The number of ether oxygens (including phenoxy) is 1. The summed E-state index contributed by atoms with van der Waals surface area (Å²) in [4.78, 5) is 20.0. The number of carbonyl (C=O) groups excluding carboxylic acids is 1. The molecule has 0 radical (unpaired) electrons. The van der Waals surface area contributed by atoms with Gasteiger partial charge in [-0.15, -0.1) is 11.3 Å². The zero-order valence-corrected chi connectivity index (χ0v) is 19.3. The second-order valence-corrected chi connectivity index (χ2v) is 11.3. The predicted molar refractivity (Wildman–Crippen MR) is 117 cm³/mol. The highest BCUT2D eigenvalue weighted by molar-refractivity contribution is 7.89. The minimum Gasteiger partial charge on any atom is -0.449 e. The molecule has 1 fully saturated rings. The number of thiazole rings is 1. The summed E-state index contributed by atoms with van der Waals surface area (Å²) in [7, 11) is -3.65. The quantitative estimate of drug-likeness (QED) is 0.723. The average molecular weight is 450 g/mol. The number of amides is 1. The van der Waals surface area contributed by atoms with Gasteiger partial charge in [0.15, 0.2) is 0 Å². The number of hydrogen-bond donors (Lipinski definition) is 1. The number of anilines is 1. The fourth-order valence-corrected chi connectivity index (χ4v) is 6.40. The molecule has 1 saturated carbocycles. The van der Waals surface area contributed by atoms with Crippen molar-refractivity contribution in [2.75, 3.05) is 18.1 Å². The molecule has 30 heavy (non-hydrogen) atoms. The molecular weight excluding hydrogens is 422 g/mol. The highest BCUT2D eigenvalue weighted by Gasteiger charge is 2.42. The number of hydrogen-bond acceptors (Lipinski definition) is 6. The lowest BCUT2D eigenvalue weighted by Crippen LogP contribution is -2.34. The van der Waals surface area contributed by atoms with Crippen LogP contribution in [-0.4, -0.2) is 38.2 Å². The summed E-state index contributed by atoms with van der Waals surface area (Å²) in [6.07, 6.45) is 1.97. The fourth-order valence-electron chi connectivity index (χ4n) is 3.90. The van der Waals surface area contributed by atoms with E-state index in [0.29, 0.717) is 12.2 Å². The Morgan fingerprint density at radius 1 is 1.37 bits per heavy atom. The van der Waals surface area contributed by atoms with Gasteiger partial charge in [0.2, 0.25) is 10.0 Å². The second-order valence-electron chi connectivity index (χ2n) is 8.34. The zero-order valence-electron chi connectivity index (χ0n) is 17.7. The molecule has 1 aromatic heterocycles. The smallest absolute Gasteiger partial charge is 0.414 e. The van der Waals surface area contributed by atoms with Gasteiger partial charge < -0.3 is 4.74 Å². The van der Waals surface area contributed by atoms with E-state index in [1.54, 1.807) is 35.3 Å². The van der Waals surface area contributed by atoms with Crippen LogP contribution >= 0.6 is 11.3 Å². The minimum atomic E-state index is -3.65. The standard InChI is InChI=1S/C21H27N3O4S2/c1-5-28-20(25)24-12-15(10-19-13(2)22-14(3)29-19)17-7-6-16(11-18(17)24)30(26,27)23-21(4)8-9-21/h6-7,11,15,23H,5,8-10,12H2,1-4H3. The van der Waals surface area contributed by atoms with Crippen molar-refractivity contribution < 1.29 is 17.9 Å². The van der Waals surface area contributed by atoms with Crippen LogP contribution in [0.5, 0.6) is 0 Å². The van der Waals surface area contributed by atoms with Crippen molar-refractivity contribution >= 4 is 33.1 Å². The molecule has 1 aromatic carbocycles. The van der Waals surface area contributed by atoms with E-state index in [1.165, 1.54) is 4.88 Å². The molecule has 7 nitrogen and oxygen atoms in total. The molecule has 1 aliphatic heterocycles. The van der Waals surface area contributed by atoms with Crippen LogP contribution < -0.4 is 9.62 Å². The van der Waals surface area contributed by atoms with Crippen molar-refractivity contribution in [1.29, 1.82) is 0 Å². The maximum absolute atomic E-state index is 12.9. The third-order valence-corrected chi connectivity index (χ3v) is 8.48. The zero-order chi connectivity index (χ0) is 21.7. The van der Waals surface area contributed by atoms with Gasteiger partial charge in [0.1, 0.15) is 0 Å². The van der Waals surface area contributed by atoms with Gasteiger partial charge >= 0.3 is 6.09 Å². The Morgan fingerprint density at radius 2 is 2.10 bits per heavy atom. The number of nitrogens with one attached hydrogen (secondary N) is 1. The van der Waals surface area contributed by atoms with Crippen LogP contribution in [0.25, 0.3) is 0 Å². The van der Waals surface area contributed by atoms with Gasteiger partial charge in [-0.2, -0.15) is 0 Å². The van der Waals surface area contributed by atoms with E-state index in [1.807, 2.05) is 26.8 Å². The van der Waals surface area contributed by atoms with Gasteiger partial charge in [-0.1, -0.05) is 6.07 Å². The number of benzene rings is 1. The molecular formula is C21H27N3O4S2. The van der Waals surface area contributed by atoms with Crippen molar-refractivity contribution in [1.82, 2.24) is 9.71 Å². The van der Waals surface area contributed by atoms with Crippen LogP contribution in [0.1, 0.15) is 53.7 Å². The largest absolute Gasteiger partial charge is 0.449 e. The Labute approximate surface area is 181 Å². The third kappa shape index (κ3) is 4.10. The number of sulfonamides is 1. The molecule has 1 amide bonds. The SMILES string of the molecule is CCOC(=O)N1CC(Cc2sc(C)nc2C)c2ccc(S(=O)(=O)NC3(C)CC3)cc21. The molecule has 0 spiro atoms. The van der Waals surface area contributed by atoms with Gasteiger partial charge in [0, 0.05) is 22.9 Å². The number of fused-ring (bicyclic) bond motifs is 1. The van der Waals surface area contributed by atoms with Crippen LogP contribution in [0.4, 0.5) is 10.5 Å². The Kier molecular flexibility index (Phi) is 5.40. The van der Waals surface area contributed by atoms with E-state index in [9.17, 15) is 13.2 Å². The first kappa shape index (κ1) is 21.3. The molecule has 1 aliphatic carbocycles. The summed E-state index contributed by atoms with van der Waals surface area (Å²) in [5, 5.41) is 1.02. The number of aryl methyl sites for hydroxylation is 2. The summed E-state index contributed by atoms with van der Waals surface area (Å²) in [5.41, 5.74) is 2.23. The van der Waals surface area contributed by atoms with E-state index in [-0.39, 0.29) is 23.0 Å². The van der Waals surface area contributed by atoms with Gasteiger partial charge in [0.05, 0.1) is 27.9 Å². The normalized spacial score (nSPS) is 19.6. The third-order valence-electron chi connectivity index (χ3n) is 5.75. The van der Waals surface area contributed by atoms with Crippen LogP contribution in [0, 0.1) is 13.8 Å². The molecule has 0 saturated heterocycles. The monoisotopic (exact) mass is 449 g/mol. The van der Waals surface area contributed by atoms with E-state index in [2.05, 4.69) is 9.71 Å². The topological polar surface area (TPSA) is 88.6 Å². The van der Waals surface area contributed by atoms with Gasteiger partial charge in [-0.25, -0.2) is 22.9 Å². The second kappa shape index (κ2) is 7.62. The number of rotatable bonds is 6. The van der Waals surface area contributed by atoms with E-state index < -0.39 is 16.1 Å². The highest BCUT2D eigenvalue weighted by atomic mass is 32.2. The van der Waals surface area contributed by atoms with Crippen LogP contribution in [0.15, 0.2) is 23.1 Å². The molecule has 162 valence electrons. The molecule has 2 heterocycles. The highest BCUT2D eigenvalue weighted by Crippen LogP contribution is 2.42. The van der Waals surface area contributed by atoms with E-state index >= 15 is 0 Å². The lowest BCUT2D eigenvalue weighted by atomic mass is 9.97. The molecule has 2 aliphatic rings. The number of carbonyl (C=O) groups is 1. The van der Waals surface area contributed by atoms with Gasteiger partial charge in [-0.05, 0) is 64.7 Å². The first-order chi connectivity index (χ1) is 14.1. The lowest BCUT2D eigenvalue weighted by Gasteiger charge is -2.18. The Bertz CT molecular complexity index is 1090. The Morgan fingerprint density at radius 3 is 2.70 bits per heavy atom. The minimum absolute atomic E-state index is 0.0635. The van der Waals surface area contributed by atoms with E-state index in [4.69, 9.17) is 4.74 Å². The van der Waals surface area contributed by atoms with Crippen LogP contribution in [0.3, 0.4) is 0 Å². The maximum Gasteiger partial charge on any atom is 0.414 e.